The molecule has 1 unspecified atom stereocenters. The van der Waals surface area contributed by atoms with Crippen LogP contribution in [-0.4, -0.2) is 66.3 Å². The quantitative estimate of drug-likeness (QED) is 0.0508. The van der Waals surface area contributed by atoms with Crippen LogP contribution >= 0.6 is 0 Å². The summed E-state index contributed by atoms with van der Waals surface area (Å²) < 4.78 is 11.2. The zero-order valence-electron chi connectivity index (χ0n) is 36.2. The average molecular weight is 761 g/mol. The summed E-state index contributed by atoms with van der Waals surface area (Å²) in [6.45, 7) is 9.48. The van der Waals surface area contributed by atoms with Crippen molar-refractivity contribution in [3.05, 3.63) is 18.2 Å². The van der Waals surface area contributed by atoms with E-state index in [1.54, 1.807) is 12.5 Å². The second-order valence-corrected chi connectivity index (χ2v) is 16.5. The number of aromatic amines is 1. The van der Waals surface area contributed by atoms with Crippen LogP contribution in [0.15, 0.2) is 12.5 Å². The number of carbonyl (C=O) groups is 1. The lowest BCUT2D eigenvalue weighted by molar-refractivity contribution is -0.146. The molecule has 7 nitrogen and oxygen atoms in total. The zero-order chi connectivity index (χ0) is 38.8. The number of unbranched alkanes of at least 4 members (excludes halogenated alkanes) is 30. The number of hydrogen-bond acceptors (Lipinski definition) is 6. The number of nitrogens with one attached hydrogen (secondary N) is 1. The van der Waals surface area contributed by atoms with Gasteiger partial charge in [0, 0.05) is 31.5 Å². The summed E-state index contributed by atoms with van der Waals surface area (Å²) >= 11 is 0. The molecule has 0 bridgehead atoms. The fourth-order valence-electron chi connectivity index (χ4n) is 7.62. The predicted octanol–water partition coefficient (Wildman–Crippen LogP) is 13.1. The molecule has 0 amide bonds. The number of rotatable bonds is 44. The van der Waals surface area contributed by atoms with Gasteiger partial charge in [0.25, 0.3) is 0 Å². The molecule has 0 fully saturated rings. The van der Waals surface area contributed by atoms with Gasteiger partial charge in [-0.3, -0.25) is 4.79 Å². The number of carbonyl (C=O) groups excluding carboxylic acids is 1. The van der Waals surface area contributed by atoms with Crippen molar-refractivity contribution in [2.24, 2.45) is 5.73 Å². The van der Waals surface area contributed by atoms with Crippen LogP contribution in [0.1, 0.15) is 231 Å². The summed E-state index contributed by atoms with van der Waals surface area (Å²) in [5.74, 6) is -0.392. The van der Waals surface area contributed by atoms with Crippen molar-refractivity contribution in [2.75, 3.05) is 39.5 Å². The van der Waals surface area contributed by atoms with E-state index in [4.69, 9.17) is 15.2 Å². The molecule has 1 aromatic rings. The highest BCUT2D eigenvalue weighted by atomic mass is 16.6. The fraction of sp³-hybridized carbons (Fsp3) is 0.915. The Balaban J connectivity index is 2.13. The molecule has 0 radical (unpaired) electrons. The highest BCUT2D eigenvalue weighted by molar-refractivity contribution is 5.75. The van der Waals surface area contributed by atoms with E-state index in [0.29, 0.717) is 19.6 Å². The minimum absolute atomic E-state index is 0.248. The summed E-state index contributed by atoms with van der Waals surface area (Å²) in [5.41, 5.74) is 6.80. The summed E-state index contributed by atoms with van der Waals surface area (Å²) in [6, 6.07) is -0.687. The molecule has 0 saturated carbocycles. The van der Waals surface area contributed by atoms with Crippen LogP contribution in [0, 0.1) is 0 Å². The third-order valence-electron chi connectivity index (χ3n) is 11.2. The smallest absolute Gasteiger partial charge is 0.323 e. The zero-order valence-corrected chi connectivity index (χ0v) is 36.2. The van der Waals surface area contributed by atoms with Gasteiger partial charge in [-0.15, -0.1) is 0 Å². The largest absolute Gasteiger partial charge is 0.462 e. The molecule has 3 N–H and O–H groups in total. The molecule has 1 atom stereocenters. The molecule has 0 aliphatic heterocycles. The molecular weight excluding hydrogens is 669 g/mol. The first-order valence-electron chi connectivity index (χ1n) is 23.9. The lowest BCUT2D eigenvalue weighted by Gasteiger charge is -2.22. The second kappa shape index (κ2) is 41.2. The normalized spacial score (nSPS) is 12.2. The Hall–Kier alpha value is -1.44. The molecule has 0 spiro atoms. The van der Waals surface area contributed by atoms with Crippen LogP contribution in [0.2, 0.25) is 0 Å². The Labute approximate surface area is 335 Å². The van der Waals surface area contributed by atoms with Gasteiger partial charge in [0.2, 0.25) is 0 Å². The van der Waals surface area contributed by atoms with Crippen molar-refractivity contribution in [1.29, 1.82) is 0 Å². The van der Waals surface area contributed by atoms with E-state index in [-0.39, 0.29) is 6.61 Å². The van der Waals surface area contributed by atoms with E-state index in [2.05, 4.69) is 28.7 Å². The first-order valence-corrected chi connectivity index (χ1v) is 23.9. The number of hydrogen-bond donors (Lipinski definition) is 2. The van der Waals surface area contributed by atoms with Gasteiger partial charge >= 0.3 is 5.97 Å². The molecule has 318 valence electrons. The maximum Gasteiger partial charge on any atom is 0.323 e. The molecule has 1 rings (SSSR count). The fourth-order valence-corrected chi connectivity index (χ4v) is 7.62. The number of imidazole rings is 1. The van der Waals surface area contributed by atoms with Crippen LogP contribution in [0.3, 0.4) is 0 Å². The molecule has 54 heavy (non-hydrogen) atoms. The molecule has 7 heteroatoms. The summed E-state index contributed by atoms with van der Waals surface area (Å²) in [7, 11) is 0. The number of nitrogens with two attached hydrogens (primary N) is 1. The van der Waals surface area contributed by atoms with Gasteiger partial charge in [0.15, 0.2) is 0 Å². The summed E-state index contributed by atoms with van der Waals surface area (Å²) in [4.78, 5) is 21.8. The number of aromatic nitrogens is 2. The van der Waals surface area contributed by atoms with E-state index in [9.17, 15) is 4.79 Å². The van der Waals surface area contributed by atoms with Crippen LogP contribution < -0.4 is 5.73 Å². The number of esters is 1. The predicted molar refractivity (Wildman–Crippen MR) is 232 cm³/mol. The molecule has 0 aliphatic carbocycles. The number of nitrogens with zero attached hydrogens (tertiary/aromatic N) is 2. The third kappa shape index (κ3) is 35.0. The van der Waals surface area contributed by atoms with Gasteiger partial charge in [-0.05, 0) is 32.4 Å². The highest BCUT2D eigenvalue weighted by Crippen LogP contribution is 2.16. The van der Waals surface area contributed by atoms with E-state index in [1.807, 2.05) is 0 Å². The van der Waals surface area contributed by atoms with E-state index < -0.39 is 12.0 Å². The lowest BCUT2D eigenvalue weighted by atomic mass is 10.0. The Kier molecular flexibility index (Phi) is 38.6. The minimum Gasteiger partial charge on any atom is -0.462 e. The standard InChI is InChI=1S/C47H92N4O3/c1-3-5-7-9-11-13-15-17-19-21-23-25-27-29-31-33-36-51(37-34-32-30-28-26-24-22-20-18-16-14-12-10-8-6-4-2)38-35-39-53-40-41-54-47(52)46(48)42-45-43-49-44-50-45/h43-44,46H,3-42,48H2,1-2H3,(H,49,50). The Bertz CT molecular complexity index is 831. The van der Waals surface area contributed by atoms with Crippen molar-refractivity contribution >= 4 is 5.97 Å². The second-order valence-electron chi connectivity index (χ2n) is 16.5. The first-order chi connectivity index (χ1) is 26.7. The van der Waals surface area contributed by atoms with Gasteiger partial charge in [-0.2, -0.15) is 0 Å². The Morgan fingerprint density at radius 2 is 0.926 bits per heavy atom. The van der Waals surface area contributed by atoms with Crippen molar-refractivity contribution in [1.82, 2.24) is 14.9 Å². The van der Waals surface area contributed by atoms with Gasteiger partial charge in [0.05, 0.1) is 12.9 Å². The van der Waals surface area contributed by atoms with Crippen LogP contribution in [0.25, 0.3) is 0 Å². The summed E-state index contributed by atoms with van der Waals surface area (Å²) in [5, 5.41) is 0. The molecule has 0 saturated heterocycles. The number of H-pyrrole nitrogens is 1. The number of ether oxygens (including phenoxy) is 2. The van der Waals surface area contributed by atoms with Crippen LogP contribution in [0.5, 0.6) is 0 Å². The van der Waals surface area contributed by atoms with Crippen molar-refractivity contribution < 1.29 is 14.3 Å². The van der Waals surface area contributed by atoms with E-state index in [1.165, 1.54) is 219 Å². The van der Waals surface area contributed by atoms with Crippen molar-refractivity contribution in [3.63, 3.8) is 0 Å². The molecular formula is C47H92N4O3. The molecule has 1 aromatic heterocycles. The summed E-state index contributed by atoms with van der Waals surface area (Å²) in [6.07, 6.45) is 50.0. The topological polar surface area (TPSA) is 93.5 Å². The Morgan fingerprint density at radius 1 is 0.556 bits per heavy atom. The molecule has 0 aromatic carbocycles. The first kappa shape index (κ1) is 50.6. The molecule has 1 heterocycles. The lowest BCUT2D eigenvalue weighted by Crippen LogP contribution is -2.35. The minimum atomic E-state index is -0.687. The van der Waals surface area contributed by atoms with Gasteiger partial charge < -0.3 is 25.1 Å². The van der Waals surface area contributed by atoms with Crippen LogP contribution in [0.4, 0.5) is 0 Å². The van der Waals surface area contributed by atoms with Crippen LogP contribution in [-0.2, 0) is 20.7 Å². The average Bonchev–Trinajstić information content (AvgIpc) is 3.69. The molecule has 0 aliphatic rings. The monoisotopic (exact) mass is 761 g/mol. The van der Waals surface area contributed by atoms with Crippen molar-refractivity contribution in [2.45, 2.75) is 238 Å². The van der Waals surface area contributed by atoms with Gasteiger partial charge in [-0.25, -0.2) is 4.98 Å². The SMILES string of the molecule is CCCCCCCCCCCCCCCCCCN(CCCCCCCCCCCCCCCCCC)CCCOCCOC(=O)C(N)Cc1cnc[nH]1. The Morgan fingerprint density at radius 3 is 1.30 bits per heavy atom. The van der Waals surface area contributed by atoms with E-state index >= 15 is 0 Å². The van der Waals surface area contributed by atoms with Crippen molar-refractivity contribution in [3.8, 4) is 0 Å². The maximum atomic E-state index is 12.2. The third-order valence-corrected chi connectivity index (χ3v) is 11.2. The van der Waals surface area contributed by atoms with Gasteiger partial charge in [0.1, 0.15) is 12.6 Å². The van der Waals surface area contributed by atoms with E-state index in [0.717, 1.165) is 18.7 Å². The van der Waals surface area contributed by atoms with Gasteiger partial charge in [-0.1, -0.05) is 206 Å². The maximum absolute atomic E-state index is 12.2. The highest BCUT2D eigenvalue weighted by Gasteiger charge is 2.16.